The summed E-state index contributed by atoms with van der Waals surface area (Å²) in [5.74, 6) is -3.85. The third-order valence-electron chi connectivity index (χ3n) is 7.55. The van der Waals surface area contributed by atoms with Gasteiger partial charge in [0.15, 0.2) is 0 Å². The normalized spacial score (nSPS) is 19.2. The summed E-state index contributed by atoms with van der Waals surface area (Å²) in [5, 5.41) is 23.6. The highest BCUT2D eigenvalue weighted by Gasteiger charge is 2.34. The van der Waals surface area contributed by atoms with Gasteiger partial charge in [0.1, 0.15) is 23.2 Å². The first-order chi connectivity index (χ1) is 19.7. The van der Waals surface area contributed by atoms with Crippen LogP contribution in [0, 0.1) is 17.7 Å². The molecule has 12 heteroatoms. The molecular weight excluding hydrogens is 545 g/mol. The molecule has 1 aromatic heterocycles. The summed E-state index contributed by atoms with van der Waals surface area (Å²) in [6.45, 7) is 10.9. The van der Waals surface area contributed by atoms with E-state index in [1.54, 1.807) is 26.8 Å². The summed E-state index contributed by atoms with van der Waals surface area (Å²) in [5.41, 5.74) is -0.385. The van der Waals surface area contributed by atoms with Crippen molar-refractivity contribution >= 4 is 29.6 Å². The van der Waals surface area contributed by atoms with Crippen molar-refractivity contribution in [3.63, 3.8) is 0 Å². The first-order valence-corrected chi connectivity index (χ1v) is 14.3. The van der Waals surface area contributed by atoms with E-state index in [-0.39, 0.29) is 17.2 Å². The Morgan fingerprint density at radius 2 is 1.79 bits per heavy atom. The van der Waals surface area contributed by atoms with Crippen LogP contribution in [0.4, 0.5) is 14.9 Å². The van der Waals surface area contributed by atoms with Crippen LogP contribution in [-0.2, 0) is 20.9 Å². The van der Waals surface area contributed by atoms with Gasteiger partial charge in [-0.25, -0.2) is 9.18 Å². The van der Waals surface area contributed by atoms with Crippen molar-refractivity contribution in [3.05, 3.63) is 47.5 Å². The summed E-state index contributed by atoms with van der Waals surface area (Å²) in [6.07, 6.45) is 3.87. The highest BCUT2D eigenvalue weighted by atomic mass is 19.1. The number of ether oxygens (including phenoxy) is 1. The molecule has 1 heterocycles. The fraction of sp³-hybridized carbons (Fsp3) is 0.567. The molecule has 0 bridgehead atoms. The zero-order valence-electron chi connectivity index (χ0n) is 25.0. The predicted molar refractivity (Wildman–Crippen MR) is 152 cm³/mol. The molecule has 2 aromatic rings. The van der Waals surface area contributed by atoms with Gasteiger partial charge in [0, 0.05) is 18.7 Å². The zero-order valence-corrected chi connectivity index (χ0v) is 25.0. The van der Waals surface area contributed by atoms with Crippen molar-refractivity contribution in [2.45, 2.75) is 97.4 Å². The third-order valence-corrected chi connectivity index (χ3v) is 7.55. The topological polar surface area (TPSA) is 154 Å². The second-order valence-electron chi connectivity index (χ2n) is 12.0. The predicted octanol–water partition coefficient (Wildman–Crippen LogP) is 3.35. The summed E-state index contributed by atoms with van der Waals surface area (Å²) in [4.78, 5) is 50.6. The summed E-state index contributed by atoms with van der Waals surface area (Å²) in [7, 11) is 0. The van der Waals surface area contributed by atoms with Crippen molar-refractivity contribution in [3.8, 4) is 0 Å². The number of rotatable bonds is 10. The highest BCUT2D eigenvalue weighted by molar-refractivity contribution is 6.00. The molecule has 1 aliphatic rings. The SMILES string of the molecule is CCn1nccc1C(=O)N[C@H](C(=O)Nc1ccc([C@H](C)[C@@H](NC(=O)OC(C)(C)C)C(=O)[O-])cc1F)C1CCC(C)CC1. The second kappa shape index (κ2) is 13.8. The number of nitrogens with zero attached hydrogens (tertiary/aromatic N) is 2. The maximum absolute atomic E-state index is 15.3. The molecular formula is C30H41FN5O6-. The minimum atomic E-state index is -1.56. The first kappa shape index (κ1) is 32.6. The molecule has 0 radical (unpaired) electrons. The van der Waals surface area contributed by atoms with Crippen LogP contribution >= 0.6 is 0 Å². The standard InChI is InChI=1S/C30H42FN5O6/c1-7-36-23(14-15-32-36)26(37)34-25(19-10-8-17(2)9-11-19)27(38)33-22-13-12-20(16-21(22)31)18(3)24(28(39)40)35-29(41)42-30(4,5)6/h12-19,24-25H,7-11H2,1-6H3,(H,33,38)(H,34,37)(H,35,41)(H,39,40)/p-1/t17?,18-,19?,24+,25-/m0/s1. The fourth-order valence-electron chi connectivity index (χ4n) is 5.15. The van der Waals surface area contributed by atoms with E-state index in [4.69, 9.17) is 4.74 Å². The first-order valence-electron chi connectivity index (χ1n) is 14.3. The number of amides is 3. The Morgan fingerprint density at radius 1 is 1.12 bits per heavy atom. The zero-order chi connectivity index (χ0) is 31.2. The Balaban J connectivity index is 1.78. The molecule has 42 heavy (non-hydrogen) atoms. The Bertz CT molecular complexity index is 1280. The van der Waals surface area contributed by atoms with Crippen molar-refractivity contribution in [2.24, 2.45) is 11.8 Å². The molecule has 3 N–H and O–H groups in total. The fourth-order valence-corrected chi connectivity index (χ4v) is 5.15. The van der Waals surface area contributed by atoms with E-state index in [0.717, 1.165) is 31.7 Å². The van der Waals surface area contributed by atoms with Gasteiger partial charge < -0.3 is 30.6 Å². The minimum absolute atomic E-state index is 0.122. The summed E-state index contributed by atoms with van der Waals surface area (Å²) >= 11 is 0. The quantitative estimate of drug-likeness (QED) is 0.386. The number of aryl methyl sites for hydroxylation is 1. The summed E-state index contributed by atoms with van der Waals surface area (Å²) in [6, 6.07) is 3.07. The average Bonchev–Trinajstić information content (AvgIpc) is 3.39. The van der Waals surface area contributed by atoms with Gasteiger partial charge in [-0.2, -0.15) is 5.10 Å². The molecule has 0 aliphatic heterocycles. The number of alkyl carbamates (subject to hydrolysis) is 1. The van der Waals surface area contributed by atoms with E-state index < -0.39 is 53.3 Å². The van der Waals surface area contributed by atoms with Crippen LogP contribution in [0.2, 0.25) is 0 Å². The molecule has 0 spiro atoms. The van der Waals surface area contributed by atoms with E-state index in [9.17, 15) is 24.3 Å². The highest BCUT2D eigenvalue weighted by Crippen LogP contribution is 2.32. The minimum Gasteiger partial charge on any atom is -0.548 e. The Labute approximate surface area is 245 Å². The lowest BCUT2D eigenvalue weighted by molar-refractivity contribution is -0.308. The van der Waals surface area contributed by atoms with E-state index in [1.165, 1.54) is 29.9 Å². The summed E-state index contributed by atoms with van der Waals surface area (Å²) < 4.78 is 21.9. The lowest BCUT2D eigenvalue weighted by atomic mass is 9.79. The van der Waals surface area contributed by atoms with Crippen LogP contribution in [0.3, 0.4) is 0 Å². The van der Waals surface area contributed by atoms with Gasteiger partial charge in [0.2, 0.25) is 5.91 Å². The molecule has 1 saturated carbocycles. The van der Waals surface area contributed by atoms with Crippen molar-refractivity contribution in [1.82, 2.24) is 20.4 Å². The van der Waals surface area contributed by atoms with Gasteiger partial charge in [-0.15, -0.1) is 0 Å². The van der Waals surface area contributed by atoms with Crippen molar-refractivity contribution < 1.29 is 33.4 Å². The molecule has 0 unspecified atom stereocenters. The molecule has 3 rings (SSSR count). The largest absolute Gasteiger partial charge is 0.548 e. The number of hydrogen-bond donors (Lipinski definition) is 3. The number of aliphatic carboxylic acids is 1. The number of hydrogen-bond acceptors (Lipinski definition) is 7. The Hall–Kier alpha value is -3.96. The molecule has 11 nitrogen and oxygen atoms in total. The Kier molecular flexibility index (Phi) is 10.7. The number of anilines is 1. The molecule has 1 fully saturated rings. The smallest absolute Gasteiger partial charge is 0.408 e. The molecule has 1 aromatic carbocycles. The lowest BCUT2D eigenvalue weighted by Gasteiger charge is -2.32. The molecule has 3 atom stereocenters. The number of halogens is 1. The van der Waals surface area contributed by atoms with Crippen LogP contribution in [-0.4, -0.2) is 51.3 Å². The molecule has 0 saturated heterocycles. The average molecular weight is 587 g/mol. The van der Waals surface area contributed by atoms with Gasteiger partial charge >= 0.3 is 6.09 Å². The number of carbonyl (C=O) groups excluding carboxylic acids is 4. The second-order valence-corrected chi connectivity index (χ2v) is 12.0. The van der Waals surface area contributed by atoms with Crippen molar-refractivity contribution in [2.75, 3.05) is 5.32 Å². The number of benzene rings is 1. The number of carboxylic acid groups (broad SMARTS) is 1. The Morgan fingerprint density at radius 3 is 2.36 bits per heavy atom. The van der Waals surface area contributed by atoms with E-state index >= 15 is 4.39 Å². The van der Waals surface area contributed by atoms with Gasteiger partial charge in [-0.1, -0.05) is 32.8 Å². The van der Waals surface area contributed by atoms with E-state index in [1.807, 2.05) is 6.92 Å². The van der Waals surface area contributed by atoms with Gasteiger partial charge in [-0.05, 0) is 76.1 Å². The van der Waals surface area contributed by atoms with E-state index in [2.05, 4.69) is 28.0 Å². The van der Waals surface area contributed by atoms with Crippen LogP contribution in [0.1, 0.15) is 89.2 Å². The lowest BCUT2D eigenvalue weighted by Crippen LogP contribution is -2.51. The number of aromatic nitrogens is 2. The van der Waals surface area contributed by atoms with Gasteiger partial charge in [-0.3, -0.25) is 14.3 Å². The monoisotopic (exact) mass is 586 g/mol. The van der Waals surface area contributed by atoms with E-state index in [0.29, 0.717) is 18.2 Å². The number of carboxylic acids is 1. The van der Waals surface area contributed by atoms with Crippen LogP contribution in [0.25, 0.3) is 0 Å². The maximum Gasteiger partial charge on any atom is 0.408 e. The van der Waals surface area contributed by atoms with Crippen LogP contribution in [0.15, 0.2) is 30.5 Å². The van der Waals surface area contributed by atoms with Crippen LogP contribution < -0.4 is 21.1 Å². The van der Waals surface area contributed by atoms with Gasteiger partial charge in [0.05, 0.1) is 17.7 Å². The molecule has 3 amide bonds. The number of carbonyl (C=O) groups is 4. The maximum atomic E-state index is 15.3. The molecule has 1 aliphatic carbocycles. The number of nitrogens with one attached hydrogen (secondary N) is 3. The van der Waals surface area contributed by atoms with Gasteiger partial charge in [0.25, 0.3) is 5.91 Å². The third kappa shape index (κ3) is 8.53. The van der Waals surface area contributed by atoms with Crippen molar-refractivity contribution in [1.29, 1.82) is 0 Å². The molecule has 230 valence electrons. The van der Waals surface area contributed by atoms with Crippen LogP contribution in [0.5, 0.6) is 0 Å².